The molecule has 1 aromatic heterocycles. The molecule has 0 unspecified atom stereocenters. The predicted molar refractivity (Wildman–Crippen MR) is 125 cm³/mol. The van der Waals surface area contributed by atoms with Crippen molar-refractivity contribution < 1.29 is 4.79 Å². The summed E-state index contributed by atoms with van der Waals surface area (Å²) in [6.07, 6.45) is 5.07. The number of rotatable bonds is 3. The van der Waals surface area contributed by atoms with E-state index in [9.17, 15) is 4.79 Å². The highest BCUT2D eigenvalue weighted by Gasteiger charge is 2.20. The average molecular weight is 413 g/mol. The smallest absolute Gasteiger partial charge is 0.251 e. The van der Waals surface area contributed by atoms with Gasteiger partial charge < -0.3 is 16.4 Å². The van der Waals surface area contributed by atoms with Gasteiger partial charge in [0.25, 0.3) is 5.91 Å². The van der Waals surface area contributed by atoms with E-state index in [1.165, 1.54) is 18.4 Å². The summed E-state index contributed by atoms with van der Waals surface area (Å²) in [5, 5.41) is 6.35. The molecule has 158 valence electrons. The molecule has 0 spiro atoms. The van der Waals surface area contributed by atoms with E-state index in [-0.39, 0.29) is 5.91 Å². The highest BCUT2D eigenvalue weighted by molar-refractivity contribution is 5.98. The number of hydrogen-bond acceptors (Lipinski definition) is 4. The Hall–Kier alpha value is -3.18. The van der Waals surface area contributed by atoms with Crippen LogP contribution in [0.2, 0.25) is 0 Å². The molecular formula is C26H28N4O. The van der Waals surface area contributed by atoms with E-state index in [2.05, 4.69) is 52.0 Å². The third-order valence-corrected chi connectivity index (χ3v) is 6.64. The number of anilines is 1. The first-order valence-corrected chi connectivity index (χ1v) is 11.1. The van der Waals surface area contributed by atoms with E-state index in [1.807, 2.05) is 19.2 Å². The zero-order valence-electron chi connectivity index (χ0n) is 17.9. The number of carbonyl (C=O) groups excluding carboxylic acids is 1. The molecule has 1 fully saturated rings. The van der Waals surface area contributed by atoms with Gasteiger partial charge >= 0.3 is 0 Å². The molecule has 0 atom stereocenters. The van der Waals surface area contributed by atoms with E-state index >= 15 is 0 Å². The maximum Gasteiger partial charge on any atom is 0.251 e. The maximum atomic E-state index is 12.2. The lowest BCUT2D eigenvalue weighted by molar-refractivity contribution is 0.0946. The Balaban J connectivity index is 1.49. The summed E-state index contributed by atoms with van der Waals surface area (Å²) in [5.74, 6) is 1.16. The van der Waals surface area contributed by atoms with Crippen LogP contribution in [0.1, 0.15) is 45.8 Å². The van der Waals surface area contributed by atoms with Crippen LogP contribution in [-0.4, -0.2) is 30.5 Å². The number of amides is 1. The average Bonchev–Trinajstić information content (AvgIpc) is 2.81. The largest absolute Gasteiger partial charge is 0.383 e. The van der Waals surface area contributed by atoms with Crippen molar-refractivity contribution >= 4 is 11.7 Å². The number of piperidine rings is 1. The monoisotopic (exact) mass is 412 g/mol. The minimum atomic E-state index is 0.00424. The quantitative estimate of drug-likeness (QED) is 0.606. The number of benzene rings is 2. The first kappa shape index (κ1) is 19.8. The Morgan fingerprint density at radius 1 is 0.935 bits per heavy atom. The number of carbonyl (C=O) groups is 1. The second-order valence-corrected chi connectivity index (χ2v) is 8.63. The third-order valence-electron chi connectivity index (χ3n) is 6.64. The van der Waals surface area contributed by atoms with Crippen LogP contribution in [0.3, 0.4) is 0 Å². The number of nitrogens with zero attached hydrogens (tertiary/aromatic N) is 1. The van der Waals surface area contributed by atoms with E-state index in [0.29, 0.717) is 18.3 Å². The van der Waals surface area contributed by atoms with Crippen molar-refractivity contribution in [2.45, 2.75) is 32.1 Å². The number of pyridine rings is 1. The fraction of sp³-hybridized carbons (Fsp3) is 0.308. The van der Waals surface area contributed by atoms with E-state index in [0.717, 1.165) is 58.5 Å². The zero-order chi connectivity index (χ0) is 21.4. The summed E-state index contributed by atoms with van der Waals surface area (Å²) in [6.45, 7) is 4.89. The summed E-state index contributed by atoms with van der Waals surface area (Å²) >= 11 is 0. The molecule has 5 rings (SSSR count). The van der Waals surface area contributed by atoms with Gasteiger partial charge in [-0.15, -0.1) is 0 Å². The maximum absolute atomic E-state index is 12.2. The van der Waals surface area contributed by atoms with Gasteiger partial charge in [0.1, 0.15) is 5.82 Å². The minimum Gasteiger partial charge on any atom is -0.383 e. The van der Waals surface area contributed by atoms with Crippen LogP contribution in [-0.2, 0) is 6.42 Å². The summed E-state index contributed by atoms with van der Waals surface area (Å²) in [7, 11) is 0. The molecule has 4 N–H and O–H groups in total. The Bertz CT molecular complexity index is 1130. The van der Waals surface area contributed by atoms with Crippen molar-refractivity contribution in [3.8, 4) is 22.3 Å². The summed E-state index contributed by atoms with van der Waals surface area (Å²) < 4.78 is 0. The van der Waals surface area contributed by atoms with Crippen molar-refractivity contribution in [3.05, 3.63) is 70.9 Å². The molecule has 1 saturated heterocycles. The topological polar surface area (TPSA) is 80.0 Å². The van der Waals surface area contributed by atoms with Gasteiger partial charge in [-0.05, 0) is 91.2 Å². The lowest BCUT2D eigenvalue weighted by Gasteiger charge is -2.23. The van der Waals surface area contributed by atoms with Crippen molar-refractivity contribution in [2.24, 2.45) is 0 Å². The molecule has 3 heterocycles. The van der Waals surface area contributed by atoms with Crippen LogP contribution in [0.4, 0.5) is 5.82 Å². The fourth-order valence-electron chi connectivity index (χ4n) is 4.82. The van der Waals surface area contributed by atoms with Crippen molar-refractivity contribution in [1.82, 2.24) is 15.6 Å². The number of hydrogen-bond donors (Lipinski definition) is 3. The highest BCUT2D eigenvalue weighted by Crippen LogP contribution is 2.34. The molecule has 0 saturated carbocycles. The molecule has 0 radical (unpaired) electrons. The lowest BCUT2D eigenvalue weighted by Crippen LogP contribution is -2.31. The molecular weight excluding hydrogens is 384 g/mol. The predicted octanol–water partition coefficient (Wildman–Crippen LogP) is 4.06. The molecule has 0 aliphatic carbocycles. The Morgan fingerprint density at radius 2 is 1.71 bits per heavy atom. The standard InChI is InChI=1S/C26H28N4O/c1-16-12-23-20(8-11-29-26(23)31)13-22(16)24-14-21(15-30-25(24)27)18-4-2-17(3-5-18)19-6-9-28-10-7-19/h2-5,12-15,19,28H,6-11H2,1H3,(H2,27,30)(H,29,31). The van der Waals surface area contributed by atoms with Crippen LogP contribution >= 0.6 is 0 Å². The highest BCUT2D eigenvalue weighted by atomic mass is 16.1. The van der Waals surface area contributed by atoms with Gasteiger partial charge in [0.05, 0.1) is 0 Å². The molecule has 1 amide bonds. The summed E-state index contributed by atoms with van der Waals surface area (Å²) in [4.78, 5) is 16.7. The summed E-state index contributed by atoms with van der Waals surface area (Å²) in [5.41, 5.74) is 14.7. The molecule has 3 aromatic rings. The number of aromatic nitrogens is 1. The molecule has 2 aromatic carbocycles. The third kappa shape index (κ3) is 3.81. The van der Waals surface area contributed by atoms with Crippen LogP contribution in [0.25, 0.3) is 22.3 Å². The van der Waals surface area contributed by atoms with Crippen molar-refractivity contribution in [3.63, 3.8) is 0 Å². The Morgan fingerprint density at radius 3 is 2.48 bits per heavy atom. The second kappa shape index (κ2) is 8.16. The molecule has 5 heteroatoms. The van der Waals surface area contributed by atoms with E-state index < -0.39 is 0 Å². The van der Waals surface area contributed by atoms with E-state index in [1.54, 1.807) is 0 Å². The molecule has 31 heavy (non-hydrogen) atoms. The van der Waals surface area contributed by atoms with Crippen LogP contribution < -0.4 is 16.4 Å². The first-order chi connectivity index (χ1) is 15.1. The summed E-state index contributed by atoms with van der Waals surface area (Å²) in [6, 6.07) is 15.1. The number of fused-ring (bicyclic) bond motifs is 1. The number of aryl methyl sites for hydroxylation is 1. The van der Waals surface area contributed by atoms with Gasteiger partial charge in [-0.3, -0.25) is 4.79 Å². The van der Waals surface area contributed by atoms with Gasteiger partial charge in [0, 0.05) is 29.4 Å². The van der Waals surface area contributed by atoms with Crippen molar-refractivity contribution in [2.75, 3.05) is 25.4 Å². The first-order valence-electron chi connectivity index (χ1n) is 11.1. The van der Waals surface area contributed by atoms with Crippen LogP contribution in [0.5, 0.6) is 0 Å². The zero-order valence-corrected chi connectivity index (χ0v) is 17.9. The Kier molecular flexibility index (Phi) is 5.20. The molecule has 5 nitrogen and oxygen atoms in total. The van der Waals surface area contributed by atoms with Gasteiger partial charge in [-0.25, -0.2) is 4.98 Å². The second-order valence-electron chi connectivity index (χ2n) is 8.63. The minimum absolute atomic E-state index is 0.00424. The van der Waals surface area contributed by atoms with Crippen LogP contribution in [0, 0.1) is 6.92 Å². The number of nitrogen functional groups attached to an aromatic ring is 1. The normalized spacial score (nSPS) is 16.6. The van der Waals surface area contributed by atoms with Gasteiger partial charge in [0.15, 0.2) is 0 Å². The molecule has 2 aliphatic rings. The fourth-order valence-corrected chi connectivity index (χ4v) is 4.82. The Labute approximate surface area is 183 Å². The van der Waals surface area contributed by atoms with Crippen molar-refractivity contribution in [1.29, 1.82) is 0 Å². The molecule has 2 aliphatic heterocycles. The van der Waals surface area contributed by atoms with Crippen LogP contribution in [0.15, 0.2) is 48.7 Å². The van der Waals surface area contributed by atoms with Gasteiger partial charge in [0.2, 0.25) is 0 Å². The van der Waals surface area contributed by atoms with E-state index in [4.69, 9.17) is 5.73 Å². The SMILES string of the molecule is Cc1cc2c(cc1-c1cc(-c3ccc(C4CCNCC4)cc3)cnc1N)CCNC2=O. The van der Waals surface area contributed by atoms with Gasteiger partial charge in [-0.1, -0.05) is 24.3 Å². The molecule has 0 bridgehead atoms. The number of nitrogens with one attached hydrogen (secondary N) is 2. The lowest BCUT2D eigenvalue weighted by atomic mass is 9.88. The number of nitrogens with two attached hydrogens (primary N) is 1. The van der Waals surface area contributed by atoms with Gasteiger partial charge in [-0.2, -0.15) is 0 Å².